The predicted octanol–water partition coefficient (Wildman–Crippen LogP) is 1.58. The summed E-state index contributed by atoms with van der Waals surface area (Å²) < 4.78 is 28.5. The number of nitriles is 1. The van der Waals surface area contributed by atoms with Gasteiger partial charge in [0.1, 0.15) is 6.04 Å². The van der Waals surface area contributed by atoms with Gasteiger partial charge in [0, 0.05) is 26.2 Å². The molecular weight excluding hydrogens is 432 g/mol. The van der Waals surface area contributed by atoms with Crippen LogP contribution in [0.2, 0.25) is 0 Å². The van der Waals surface area contributed by atoms with Crippen LogP contribution in [0.25, 0.3) is 0 Å². The van der Waals surface area contributed by atoms with Gasteiger partial charge in [0.25, 0.3) is 0 Å². The molecule has 0 saturated carbocycles. The number of carboxylic acid groups (broad SMARTS) is 1. The summed E-state index contributed by atoms with van der Waals surface area (Å²) in [4.78, 5) is 27.1. The molecule has 1 atom stereocenters. The van der Waals surface area contributed by atoms with Crippen molar-refractivity contribution in [2.45, 2.75) is 24.3 Å². The molecule has 0 spiro atoms. The van der Waals surface area contributed by atoms with Crippen LogP contribution in [0.1, 0.15) is 16.7 Å². The number of nitrogens with one attached hydrogen (secondary N) is 1. The normalized spacial score (nSPS) is 15.1. The first-order chi connectivity index (χ1) is 15.2. The Labute approximate surface area is 186 Å². The highest BCUT2D eigenvalue weighted by Crippen LogP contribution is 2.15. The smallest absolute Gasteiger partial charge is 0.407 e. The molecule has 0 aliphatic carbocycles. The number of benzene rings is 2. The van der Waals surface area contributed by atoms with Crippen molar-refractivity contribution in [3.63, 3.8) is 0 Å². The van der Waals surface area contributed by atoms with Crippen molar-refractivity contribution in [1.82, 2.24) is 14.5 Å². The van der Waals surface area contributed by atoms with Gasteiger partial charge < -0.3 is 14.9 Å². The molecule has 1 aliphatic heterocycles. The molecule has 2 N–H and O–H groups in total. The van der Waals surface area contributed by atoms with E-state index in [1.165, 1.54) is 21.9 Å². The van der Waals surface area contributed by atoms with Crippen LogP contribution in [0.4, 0.5) is 4.79 Å². The summed E-state index contributed by atoms with van der Waals surface area (Å²) in [6, 6.07) is 13.9. The lowest BCUT2D eigenvalue weighted by molar-refractivity contribution is -0.134. The van der Waals surface area contributed by atoms with Gasteiger partial charge in [0.05, 0.1) is 16.5 Å². The maximum atomic E-state index is 13.3. The number of nitrogens with zero attached hydrogens (tertiary/aromatic N) is 3. The number of amides is 2. The number of sulfonamides is 1. The monoisotopic (exact) mass is 456 g/mol. The predicted molar refractivity (Wildman–Crippen MR) is 116 cm³/mol. The Morgan fingerprint density at radius 2 is 1.72 bits per heavy atom. The maximum absolute atomic E-state index is 13.3. The largest absolute Gasteiger partial charge is 0.465 e. The Morgan fingerprint density at radius 3 is 2.31 bits per heavy atom. The van der Waals surface area contributed by atoms with Gasteiger partial charge >= 0.3 is 6.09 Å². The second-order valence-corrected chi connectivity index (χ2v) is 9.31. The third kappa shape index (κ3) is 5.63. The van der Waals surface area contributed by atoms with Crippen LogP contribution in [0.5, 0.6) is 0 Å². The zero-order valence-corrected chi connectivity index (χ0v) is 18.4. The van der Waals surface area contributed by atoms with Crippen molar-refractivity contribution in [1.29, 1.82) is 5.26 Å². The molecule has 1 saturated heterocycles. The SMILES string of the molecule is Cc1ccc(S(=O)(=O)N[C@@H](Cc2cccc(C#N)c2)C(=O)N2CCN(C(=O)O)CC2)cc1. The van der Waals surface area contributed by atoms with Crippen LogP contribution < -0.4 is 4.72 Å². The molecule has 0 bridgehead atoms. The van der Waals surface area contributed by atoms with E-state index in [0.717, 1.165) is 5.56 Å². The van der Waals surface area contributed by atoms with Crippen LogP contribution in [0.15, 0.2) is 53.4 Å². The molecule has 168 valence electrons. The standard InChI is InChI=1S/C22H24N4O5S/c1-16-5-7-19(8-6-16)32(30,31)24-20(14-17-3-2-4-18(13-17)15-23)21(27)25-9-11-26(12-10-25)22(28)29/h2-8,13,20,24H,9-12,14H2,1H3,(H,28,29)/t20-/m0/s1. The van der Waals surface area contributed by atoms with Crippen LogP contribution >= 0.6 is 0 Å². The highest BCUT2D eigenvalue weighted by atomic mass is 32.2. The number of piperazine rings is 1. The Hall–Kier alpha value is -3.42. The molecule has 10 heteroatoms. The Morgan fingerprint density at radius 1 is 1.09 bits per heavy atom. The average Bonchev–Trinajstić information content (AvgIpc) is 2.78. The molecule has 2 amide bonds. The van der Waals surface area contributed by atoms with E-state index in [1.54, 1.807) is 36.4 Å². The molecule has 1 aliphatic rings. The van der Waals surface area contributed by atoms with Gasteiger partial charge in [0.2, 0.25) is 15.9 Å². The minimum atomic E-state index is -3.99. The summed E-state index contributed by atoms with van der Waals surface area (Å²) in [5.41, 5.74) is 1.95. The van der Waals surface area contributed by atoms with E-state index in [2.05, 4.69) is 4.72 Å². The summed E-state index contributed by atoms with van der Waals surface area (Å²) in [6.07, 6.45) is -1.000. The minimum absolute atomic E-state index is 0.0439. The molecule has 2 aromatic carbocycles. The maximum Gasteiger partial charge on any atom is 0.407 e. The lowest BCUT2D eigenvalue weighted by Gasteiger charge is -2.35. The van der Waals surface area contributed by atoms with Crippen molar-refractivity contribution in [3.8, 4) is 6.07 Å². The van der Waals surface area contributed by atoms with Crippen molar-refractivity contribution in [2.24, 2.45) is 0 Å². The molecule has 0 aromatic heterocycles. The van der Waals surface area contributed by atoms with E-state index >= 15 is 0 Å². The molecule has 2 aromatic rings. The lowest BCUT2D eigenvalue weighted by atomic mass is 10.0. The molecule has 0 unspecified atom stereocenters. The van der Waals surface area contributed by atoms with E-state index in [9.17, 15) is 18.0 Å². The lowest BCUT2D eigenvalue weighted by Crippen LogP contribution is -2.56. The Balaban J connectivity index is 1.85. The van der Waals surface area contributed by atoms with Crippen LogP contribution in [0.3, 0.4) is 0 Å². The first-order valence-corrected chi connectivity index (χ1v) is 11.5. The quantitative estimate of drug-likeness (QED) is 0.679. The molecular formula is C22H24N4O5S. The topological polar surface area (TPSA) is 131 Å². The highest BCUT2D eigenvalue weighted by molar-refractivity contribution is 7.89. The molecule has 0 radical (unpaired) electrons. The van der Waals surface area contributed by atoms with Gasteiger partial charge in [-0.1, -0.05) is 29.8 Å². The molecule has 9 nitrogen and oxygen atoms in total. The zero-order valence-electron chi connectivity index (χ0n) is 17.6. The van der Waals surface area contributed by atoms with Crippen LogP contribution in [-0.4, -0.2) is 67.5 Å². The summed E-state index contributed by atoms with van der Waals surface area (Å²) >= 11 is 0. The number of hydrogen-bond acceptors (Lipinski definition) is 5. The second-order valence-electron chi connectivity index (χ2n) is 7.60. The van der Waals surface area contributed by atoms with Crippen molar-refractivity contribution < 1.29 is 23.1 Å². The van der Waals surface area contributed by atoms with Crippen molar-refractivity contribution in [2.75, 3.05) is 26.2 Å². The number of carbonyl (C=O) groups is 2. The highest BCUT2D eigenvalue weighted by Gasteiger charge is 2.32. The summed E-state index contributed by atoms with van der Waals surface area (Å²) in [6.45, 7) is 2.50. The molecule has 1 fully saturated rings. The van der Waals surface area contributed by atoms with Gasteiger partial charge in [-0.3, -0.25) is 4.79 Å². The fourth-order valence-electron chi connectivity index (χ4n) is 3.49. The van der Waals surface area contributed by atoms with Gasteiger partial charge in [-0.05, 0) is 43.2 Å². The fraction of sp³-hybridized carbons (Fsp3) is 0.318. The first kappa shape index (κ1) is 23.2. The molecule has 32 heavy (non-hydrogen) atoms. The van der Waals surface area contributed by atoms with Gasteiger partial charge in [-0.15, -0.1) is 0 Å². The third-order valence-corrected chi connectivity index (χ3v) is 6.77. The van der Waals surface area contributed by atoms with E-state index in [0.29, 0.717) is 11.1 Å². The molecule has 1 heterocycles. The Bertz CT molecular complexity index is 1130. The summed E-state index contributed by atoms with van der Waals surface area (Å²) in [5, 5.41) is 18.3. The number of carbonyl (C=O) groups excluding carboxylic acids is 1. The number of aryl methyl sites for hydroxylation is 1. The van der Waals surface area contributed by atoms with E-state index in [-0.39, 0.29) is 37.5 Å². The summed E-state index contributed by atoms with van der Waals surface area (Å²) in [5.74, 6) is -0.437. The average molecular weight is 457 g/mol. The van der Waals surface area contributed by atoms with Gasteiger partial charge in [-0.2, -0.15) is 9.98 Å². The van der Waals surface area contributed by atoms with E-state index < -0.39 is 28.1 Å². The van der Waals surface area contributed by atoms with Crippen molar-refractivity contribution >= 4 is 22.0 Å². The van der Waals surface area contributed by atoms with E-state index in [1.807, 2.05) is 13.0 Å². The van der Waals surface area contributed by atoms with Gasteiger partial charge in [-0.25, -0.2) is 13.2 Å². The van der Waals surface area contributed by atoms with Gasteiger partial charge in [0.15, 0.2) is 0 Å². The third-order valence-electron chi connectivity index (χ3n) is 5.28. The van der Waals surface area contributed by atoms with Crippen LogP contribution in [0, 0.1) is 18.3 Å². The number of rotatable bonds is 6. The number of hydrogen-bond donors (Lipinski definition) is 2. The second kappa shape index (κ2) is 9.80. The zero-order chi connectivity index (χ0) is 23.3. The Kier molecular flexibility index (Phi) is 7.12. The van der Waals surface area contributed by atoms with E-state index in [4.69, 9.17) is 10.4 Å². The minimum Gasteiger partial charge on any atom is -0.465 e. The van der Waals surface area contributed by atoms with Crippen molar-refractivity contribution in [3.05, 3.63) is 65.2 Å². The first-order valence-electron chi connectivity index (χ1n) is 10.0. The molecule has 3 rings (SSSR count). The fourth-order valence-corrected chi connectivity index (χ4v) is 4.68. The van der Waals surface area contributed by atoms with Crippen LogP contribution in [-0.2, 0) is 21.2 Å². The summed E-state index contributed by atoms with van der Waals surface area (Å²) in [7, 11) is -3.99.